The smallest absolute Gasteiger partial charge is 0.249 e. The summed E-state index contributed by atoms with van der Waals surface area (Å²) < 4.78 is 5.16. The summed E-state index contributed by atoms with van der Waals surface area (Å²) in [6.45, 7) is 5.76. The SMILES string of the molecule is CCN1CCC(N2C(=O)COCC2CO)C1. The van der Waals surface area contributed by atoms with Gasteiger partial charge in [0.05, 0.1) is 19.3 Å². The highest BCUT2D eigenvalue weighted by Crippen LogP contribution is 2.20. The highest BCUT2D eigenvalue weighted by Gasteiger charge is 2.36. The molecule has 2 heterocycles. The maximum Gasteiger partial charge on any atom is 0.249 e. The van der Waals surface area contributed by atoms with Crippen LogP contribution < -0.4 is 0 Å². The number of ether oxygens (including phenoxy) is 1. The molecule has 5 heteroatoms. The minimum absolute atomic E-state index is 0.00559. The van der Waals surface area contributed by atoms with Crippen LogP contribution >= 0.6 is 0 Å². The van der Waals surface area contributed by atoms with Crippen LogP contribution in [0.2, 0.25) is 0 Å². The molecule has 2 saturated heterocycles. The largest absolute Gasteiger partial charge is 0.394 e. The number of amides is 1. The highest BCUT2D eigenvalue weighted by molar-refractivity contribution is 5.78. The fourth-order valence-electron chi connectivity index (χ4n) is 2.61. The lowest BCUT2D eigenvalue weighted by Gasteiger charge is -2.38. The number of nitrogens with zero attached hydrogens (tertiary/aromatic N) is 2. The normalized spacial score (nSPS) is 32.4. The summed E-state index contributed by atoms with van der Waals surface area (Å²) in [5.74, 6) is 0.0215. The summed E-state index contributed by atoms with van der Waals surface area (Å²) in [7, 11) is 0. The zero-order chi connectivity index (χ0) is 11.5. The van der Waals surface area contributed by atoms with Crippen LogP contribution in [-0.4, -0.2) is 72.4 Å². The fraction of sp³-hybridized carbons (Fsp3) is 0.909. The molecule has 2 fully saturated rings. The van der Waals surface area contributed by atoms with Gasteiger partial charge in [0.15, 0.2) is 0 Å². The molecule has 2 rings (SSSR count). The molecule has 16 heavy (non-hydrogen) atoms. The molecular weight excluding hydrogens is 208 g/mol. The van der Waals surface area contributed by atoms with Crippen molar-refractivity contribution in [2.24, 2.45) is 0 Å². The van der Waals surface area contributed by atoms with E-state index in [1.807, 2.05) is 4.90 Å². The number of morpholine rings is 1. The Hall–Kier alpha value is -0.650. The first-order valence-electron chi connectivity index (χ1n) is 5.98. The van der Waals surface area contributed by atoms with Gasteiger partial charge in [-0.25, -0.2) is 0 Å². The van der Waals surface area contributed by atoms with Crippen LogP contribution in [0.5, 0.6) is 0 Å². The number of rotatable bonds is 3. The summed E-state index contributed by atoms with van der Waals surface area (Å²) in [6, 6.07) is 0.108. The lowest BCUT2D eigenvalue weighted by atomic mass is 10.1. The number of hydrogen-bond acceptors (Lipinski definition) is 4. The van der Waals surface area contributed by atoms with Gasteiger partial charge in [0.2, 0.25) is 5.91 Å². The molecule has 0 spiro atoms. The number of likely N-dealkylation sites (N-methyl/N-ethyl adjacent to an activating group) is 1. The van der Waals surface area contributed by atoms with Crippen molar-refractivity contribution in [1.82, 2.24) is 9.80 Å². The quantitative estimate of drug-likeness (QED) is 0.694. The maximum atomic E-state index is 11.8. The van der Waals surface area contributed by atoms with Crippen molar-refractivity contribution >= 4 is 5.91 Å². The van der Waals surface area contributed by atoms with Crippen molar-refractivity contribution < 1.29 is 14.6 Å². The van der Waals surface area contributed by atoms with E-state index in [0.717, 1.165) is 26.1 Å². The molecule has 2 aliphatic heterocycles. The third-order valence-electron chi connectivity index (χ3n) is 3.52. The monoisotopic (exact) mass is 228 g/mol. The van der Waals surface area contributed by atoms with Gasteiger partial charge in [0, 0.05) is 19.1 Å². The fourth-order valence-corrected chi connectivity index (χ4v) is 2.61. The van der Waals surface area contributed by atoms with Crippen LogP contribution in [0.15, 0.2) is 0 Å². The van der Waals surface area contributed by atoms with Gasteiger partial charge in [-0.1, -0.05) is 6.92 Å². The lowest BCUT2D eigenvalue weighted by molar-refractivity contribution is -0.153. The summed E-state index contributed by atoms with van der Waals surface area (Å²) >= 11 is 0. The molecule has 1 amide bonds. The van der Waals surface area contributed by atoms with E-state index in [2.05, 4.69) is 11.8 Å². The van der Waals surface area contributed by atoms with Gasteiger partial charge < -0.3 is 19.6 Å². The molecule has 0 aromatic carbocycles. The molecule has 2 atom stereocenters. The van der Waals surface area contributed by atoms with E-state index in [0.29, 0.717) is 6.61 Å². The van der Waals surface area contributed by atoms with Crippen molar-refractivity contribution in [2.75, 3.05) is 39.5 Å². The first-order chi connectivity index (χ1) is 7.76. The number of hydrogen-bond donors (Lipinski definition) is 1. The van der Waals surface area contributed by atoms with Crippen LogP contribution in [0.3, 0.4) is 0 Å². The first-order valence-corrected chi connectivity index (χ1v) is 5.98. The van der Waals surface area contributed by atoms with Gasteiger partial charge in [0.25, 0.3) is 0 Å². The molecule has 0 bridgehead atoms. The second kappa shape index (κ2) is 5.12. The van der Waals surface area contributed by atoms with Gasteiger partial charge in [-0.2, -0.15) is 0 Å². The molecule has 2 unspecified atom stereocenters. The van der Waals surface area contributed by atoms with Crippen LogP contribution in [0, 0.1) is 0 Å². The molecule has 92 valence electrons. The van der Waals surface area contributed by atoms with E-state index in [1.54, 1.807) is 0 Å². The first kappa shape index (κ1) is 11.8. The third-order valence-corrected chi connectivity index (χ3v) is 3.52. The Kier molecular flexibility index (Phi) is 3.78. The van der Waals surface area contributed by atoms with Crippen molar-refractivity contribution in [3.8, 4) is 0 Å². The number of aliphatic hydroxyl groups excluding tert-OH is 1. The second-order valence-electron chi connectivity index (χ2n) is 4.49. The van der Waals surface area contributed by atoms with E-state index >= 15 is 0 Å². The van der Waals surface area contributed by atoms with Crippen molar-refractivity contribution in [3.05, 3.63) is 0 Å². The lowest BCUT2D eigenvalue weighted by Crippen LogP contribution is -2.56. The molecular formula is C11H20N2O3. The predicted octanol–water partition coefficient (Wildman–Crippen LogP) is -0.700. The van der Waals surface area contributed by atoms with Crippen molar-refractivity contribution in [1.29, 1.82) is 0 Å². The molecule has 0 aromatic heterocycles. The number of likely N-dealkylation sites (tertiary alicyclic amines) is 1. The Labute approximate surface area is 96.0 Å². The number of aliphatic hydroxyl groups is 1. The van der Waals surface area contributed by atoms with Gasteiger partial charge in [-0.05, 0) is 13.0 Å². The van der Waals surface area contributed by atoms with Gasteiger partial charge in [-0.15, -0.1) is 0 Å². The Balaban J connectivity index is 2.02. The molecule has 1 N–H and O–H groups in total. The zero-order valence-corrected chi connectivity index (χ0v) is 9.76. The van der Waals surface area contributed by atoms with E-state index < -0.39 is 0 Å². The highest BCUT2D eigenvalue weighted by atomic mass is 16.5. The van der Waals surface area contributed by atoms with Crippen LogP contribution in [0.4, 0.5) is 0 Å². The molecule has 0 aliphatic carbocycles. The Morgan fingerprint density at radius 2 is 2.38 bits per heavy atom. The topological polar surface area (TPSA) is 53.0 Å². The molecule has 2 aliphatic rings. The Morgan fingerprint density at radius 3 is 3.00 bits per heavy atom. The van der Waals surface area contributed by atoms with Crippen molar-refractivity contribution in [2.45, 2.75) is 25.4 Å². The zero-order valence-electron chi connectivity index (χ0n) is 9.76. The summed E-state index contributed by atoms with van der Waals surface area (Å²) in [5, 5.41) is 9.28. The van der Waals surface area contributed by atoms with E-state index in [4.69, 9.17) is 4.74 Å². The van der Waals surface area contributed by atoms with Gasteiger partial charge >= 0.3 is 0 Å². The van der Waals surface area contributed by atoms with Gasteiger partial charge in [-0.3, -0.25) is 4.79 Å². The average molecular weight is 228 g/mol. The standard InChI is InChI=1S/C11H20N2O3/c1-2-12-4-3-9(5-12)13-10(6-14)7-16-8-11(13)15/h9-10,14H,2-8H2,1H3. The van der Waals surface area contributed by atoms with E-state index in [1.165, 1.54) is 0 Å². The summed E-state index contributed by atoms with van der Waals surface area (Å²) in [5.41, 5.74) is 0. The molecule has 0 aromatic rings. The Bertz CT molecular complexity index is 260. The molecule has 0 radical (unpaired) electrons. The third kappa shape index (κ3) is 2.21. The van der Waals surface area contributed by atoms with Crippen LogP contribution in [0.1, 0.15) is 13.3 Å². The summed E-state index contributed by atoms with van der Waals surface area (Å²) in [4.78, 5) is 16.0. The second-order valence-corrected chi connectivity index (χ2v) is 4.49. The van der Waals surface area contributed by atoms with Gasteiger partial charge in [0.1, 0.15) is 6.61 Å². The van der Waals surface area contributed by atoms with E-state index in [9.17, 15) is 9.90 Å². The number of carbonyl (C=O) groups excluding carboxylic acids is 1. The maximum absolute atomic E-state index is 11.8. The number of carbonyl (C=O) groups is 1. The minimum atomic E-state index is -0.150. The van der Waals surface area contributed by atoms with Crippen LogP contribution in [-0.2, 0) is 9.53 Å². The van der Waals surface area contributed by atoms with E-state index in [-0.39, 0.29) is 31.2 Å². The molecule has 0 saturated carbocycles. The summed E-state index contributed by atoms with van der Waals surface area (Å²) in [6.07, 6.45) is 1.01. The van der Waals surface area contributed by atoms with Crippen molar-refractivity contribution in [3.63, 3.8) is 0 Å². The predicted molar refractivity (Wildman–Crippen MR) is 59.1 cm³/mol. The minimum Gasteiger partial charge on any atom is -0.394 e. The Morgan fingerprint density at radius 1 is 1.56 bits per heavy atom. The van der Waals surface area contributed by atoms with Crippen LogP contribution in [0.25, 0.3) is 0 Å². The molecule has 5 nitrogen and oxygen atoms in total. The average Bonchev–Trinajstić information content (AvgIpc) is 2.76.